The van der Waals surface area contributed by atoms with E-state index < -0.39 is 0 Å². The van der Waals surface area contributed by atoms with Crippen LogP contribution in [-0.2, 0) is 0 Å². The van der Waals surface area contributed by atoms with Gasteiger partial charge in [-0.25, -0.2) is 0 Å². The highest BCUT2D eigenvalue weighted by molar-refractivity contribution is 9.09. The first-order valence-electron chi connectivity index (χ1n) is 3.12. The molecule has 3 heteroatoms. The molecule has 0 aliphatic carbocycles. The number of Topliss-reactive ketones (excluding diaryl/α,β-unsaturated/α-hetero) is 1. The molecule has 1 rings (SSSR count). The summed E-state index contributed by atoms with van der Waals surface area (Å²) in [6.45, 7) is 0. The maximum Gasteiger partial charge on any atom is 0.173 e. The monoisotopic (exact) mass is 230 g/mol. The predicted octanol–water partition coefficient (Wildman–Crippen LogP) is 2.55. The van der Waals surface area contributed by atoms with Gasteiger partial charge >= 0.3 is 0 Å². The Hall–Kier alpha value is -0.280. The van der Waals surface area contributed by atoms with Crippen LogP contribution in [0.2, 0.25) is 0 Å². The summed E-state index contributed by atoms with van der Waals surface area (Å²) in [5.74, 6) is 0.0842. The Kier molecular flexibility index (Phi) is 3.15. The molecule has 0 fully saturated rings. The Labute approximate surface area is 79.3 Å². The van der Waals surface area contributed by atoms with Gasteiger partial charge in [-0.15, -0.1) is 12.6 Å². The molecule has 0 N–H and O–H groups in total. The zero-order valence-electron chi connectivity index (χ0n) is 5.75. The van der Waals surface area contributed by atoms with Crippen LogP contribution in [-0.4, -0.2) is 11.1 Å². The summed E-state index contributed by atoms with van der Waals surface area (Å²) in [5.41, 5.74) is 0.703. The van der Waals surface area contributed by atoms with E-state index in [1.54, 1.807) is 12.1 Å². The van der Waals surface area contributed by atoms with Crippen LogP contribution in [0.25, 0.3) is 0 Å². The van der Waals surface area contributed by atoms with Gasteiger partial charge in [0.25, 0.3) is 0 Å². The third kappa shape index (κ3) is 2.34. The Balaban J connectivity index is 2.96. The quantitative estimate of drug-likeness (QED) is 0.470. The second-order valence-electron chi connectivity index (χ2n) is 2.11. The molecule has 0 radical (unpaired) electrons. The molecule has 0 aliphatic heterocycles. The molecular formula is C8H7BrOS. The summed E-state index contributed by atoms with van der Waals surface area (Å²) >= 11 is 7.22. The zero-order valence-corrected chi connectivity index (χ0v) is 8.23. The average molecular weight is 231 g/mol. The molecule has 0 saturated heterocycles. The molecule has 0 saturated carbocycles. The minimum Gasteiger partial charge on any atom is -0.293 e. The molecule has 0 aromatic heterocycles. The van der Waals surface area contributed by atoms with Gasteiger partial charge in [-0.3, -0.25) is 4.79 Å². The fourth-order valence-corrected chi connectivity index (χ4v) is 1.31. The number of hydrogen-bond donors (Lipinski definition) is 1. The van der Waals surface area contributed by atoms with Gasteiger partial charge in [-0.2, -0.15) is 0 Å². The first kappa shape index (κ1) is 8.81. The fraction of sp³-hybridized carbons (Fsp3) is 0.125. The predicted molar refractivity (Wildman–Crippen MR) is 51.8 cm³/mol. The van der Waals surface area contributed by atoms with E-state index in [0.29, 0.717) is 10.9 Å². The van der Waals surface area contributed by atoms with Gasteiger partial charge in [0.15, 0.2) is 5.78 Å². The van der Waals surface area contributed by atoms with Crippen LogP contribution in [0.4, 0.5) is 0 Å². The van der Waals surface area contributed by atoms with Gasteiger partial charge in [0.2, 0.25) is 0 Å². The summed E-state index contributed by atoms with van der Waals surface area (Å²) in [6, 6.07) is 7.20. The smallest absolute Gasteiger partial charge is 0.173 e. The zero-order chi connectivity index (χ0) is 8.27. The highest BCUT2D eigenvalue weighted by atomic mass is 79.9. The number of hydrogen-bond acceptors (Lipinski definition) is 2. The average Bonchev–Trinajstić information content (AvgIpc) is 2.03. The van der Waals surface area contributed by atoms with E-state index in [4.69, 9.17) is 0 Å². The highest BCUT2D eigenvalue weighted by Crippen LogP contribution is 2.09. The Morgan fingerprint density at radius 2 is 2.27 bits per heavy atom. The third-order valence-electron chi connectivity index (χ3n) is 1.29. The lowest BCUT2D eigenvalue weighted by Gasteiger charge is -1.96. The molecule has 1 nitrogen and oxygen atoms in total. The van der Waals surface area contributed by atoms with Gasteiger partial charge in [-0.05, 0) is 12.1 Å². The van der Waals surface area contributed by atoms with E-state index in [1.807, 2.05) is 12.1 Å². The first-order valence-corrected chi connectivity index (χ1v) is 4.69. The molecule has 0 atom stereocenters. The Morgan fingerprint density at radius 1 is 1.55 bits per heavy atom. The van der Waals surface area contributed by atoms with Crippen LogP contribution in [0, 0.1) is 0 Å². The van der Waals surface area contributed by atoms with Crippen molar-refractivity contribution in [3.8, 4) is 0 Å². The normalized spacial score (nSPS) is 9.64. The molecule has 1 aromatic rings. The largest absolute Gasteiger partial charge is 0.293 e. The lowest BCUT2D eigenvalue weighted by atomic mass is 10.2. The Bertz CT molecular complexity index is 273. The van der Waals surface area contributed by atoms with E-state index in [9.17, 15) is 4.79 Å². The van der Waals surface area contributed by atoms with Gasteiger partial charge in [-0.1, -0.05) is 28.1 Å². The van der Waals surface area contributed by atoms with Gasteiger partial charge in [0, 0.05) is 10.5 Å². The van der Waals surface area contributed by atoms with Gasteiger partial charge in [0.05, 0.1) is 5.33 Å². The molecule has 0 amide bonds. The number of rotatable bonds is 2. The molecule has 58 valence electrons. The highest BCUT2D eigenvalue weighted by Gasteiger charge is 2.01. The summed E-state index contributed by atoms with van der Waals surface area (Å²) in [5, 5.41) is 0.365. The molecular weight excluding hydrogens is 224 g/mol. The summed E-state index contributed by atoms with van der Waals surface area (Å²) < 4.78 is 0. The SMILES string of the molecule is O=C(CBr)c1cccc(S)c1. The molecule has 1 aromatic carbocycles. The van der Waals surface area contributed by atoms with E-state index in [2.05, 4.69) is 28.6 Å². The molecule has 0 bridgehead atoms. The summed E-state index contributed by atoms with van der Waals surface area (Å²) in [4.78, 5) is 11.9. The number of ketones is 1. The maximum atomic E-state index is 11.1. The van der Waals surface area contributed by atoms with E-state index in [0.717, 1.165) is 4.90 Å². The van der Waals surface area contributed by atoms with Crippen molar-refractivity contribution in [2.24, 2.45) is 0 Å². The number of carbonyl (C=O) groups excluding carboxylic acids is 1. The maximum absolute atomic E-state index is 11.1. The molecule has 0 unspecified atom stereocenters. The van der Waals surface area contributed by atoms with Crippen molar-refractivity contribution < 1.29 is 4.79 Å². The van der Waals surface area contributed by atoms with Crippen LogP contribution in [0.15, 0.2) is 29.2 Å². The van der Waals surface area contributed by atoms with Crippen LogP contribution in [0.5, 0.6) is 0 Å². The van der Waals surface area contributed by atoms with Crippen molar-refractivity contribution >= 4 is 34.3 Å². The van der Waals surface area contributed by atoms with Crippen LogP contribution >= 0.6 is 28.6 Å². The van der Waals surface area contributed by atoms with Crippen molar-refractivity contribution in [1.82, 2.24) is 0 Å². The summed E-state index contributed by atoms with van der Waals surface area (Å²) in [6.07, 6.45) is 0. The van der Waals surface area contributed by atoms with Crippen molar-refractivity contribution in [2.45, 2.75) is 4.90 Å². The fourth-order valence-electron chi connectivity index (χ4n) is 0.757. The minimum atomic E-state index is 0.0842. The third-order valence-corrected chi connectivity index (χ3v) is 2.08. The number of halogens is 1. The summed E-state index contributed by atoms with van der Waals surface area (Å²) in [7, 11) is 0. The molecule has 0 aliphatic rings. The topological polar surface area (TPSA) is 17.1 Å². The van der Waals surface area contributed by atoms with Crippen molar-refractivity contribution in [3.63, 3.8) is 0 Å². The van der Waals surface area contributed by atoms with Crippen LogP contribution < -0.4 is 0 Å². The number of thiol groups is 1. The Morgan fingerprint density at radius 3 is 2.82 bits per heavy atom. The lowest BCUT2D eigenvalue weighted by Crippen LogP contribution is -1.98. The van der Waals surface area contributed by atoms with Gasteiger partial charge in [0.1, 0.15) is 0 Å². The molecule has 0 heterocycles. The number of benzene rings is 1. The second-order valence-corrected chi connectivity index (χ2v) is 3.18. The van der Waals surface area contributed by atoms with Crippen LogP contribution in [0.3, 0.4) is 0 Å². The lowest BCUT2D eigenvalue weighted by molar-refractivity contribution is 0.102. The first-order chi connectivity index (χ1) is 5.24. The number of alkyl halides is 1. The van der Waals surface area contributed by atoms with E-state index >= 15 is 0 Å². The standard InChI is InChI=1S/C8H7BrOS/c9-5-8(10)6-2-1-3-7(11)4-6/h1-4,11H,5H2. The van der Waals surface area contributed by atoms with E-state index in [-0.39, 0.29) is 5.78 Å². The van der Waals surface area contributed by atoms with Crippen molar-refractivity contribution in [2.75, 3.05) is 5.33 Å². The molecule has 0 spiro atoms. The number of carbonyl (C=O) groups is 1. The van der Waals surface area contributed by atoms with Crippen molar-refractivity contribution in [1.29, 1.82) is 0 Å². The second kappa shape index (κ2) is 3.93. The minimum absolute atomic E-state index is 0.0842. The van der Waals surface area contributed by atoms with Gasteiger partial charge < -0.3 is 0 Å². The molecule has 11 heavy (non-hydrogen) atoms. The van der Waals surface area contributed by atoms with Crippen molar-refractivity contribution in [3.05, 3.63) is 29.8 Å². The van der Waals surface area contributed by atoms with Crippen LogP contribution in [0.1, 0.15) is 10.4 Å². The van der Waals surface area contributed by atoms with E-state index in [1.165, 1.54) is 0 Å².